The van der Waals surface area contributed by atoms with E-state index < -0.39 is 0 Å². The van der Waals surface area contributed by atoms with Crippen LogP contribution in [0.25, 0.3) is 0 Å². The molecule has 1 unspecified atom stereocenters. The molecule has 0 bridgehead atoms. The molecule has 5 nitrogen and oxygen atoms in total. The second kappa shape index (κ2) is 5.48. The summed E-state index contributed by atoms with van der Waals surface area (Å²) in [7, 11) is 0. The third kappa shape index (κ3) is 3.17. The fourth-order valence-corrected chi connectivity index (χ4v) is 2.24. The van der Waals surface area contributed by atoms with Crippen LogP contribution in [0.3, 0.4) is 0 Å². The van der Waals surface area contributed by atoms with E-state index in [1.165, 1.54) is 18.4 Å². The smallest absolute Gasteiger partial charge is 0.165 e. The first kappa shape index (κ1) is 12.3. The van der Waals surface area contributed by atoms with Gasteiger partial charge in [0, 0.05) is 6.04 Å². The molecule has 100 valence electrons. The average molecular weight is 257 g/mol. The van der Waals surface area contributed by atoms with E-state index in [4.69, 9.17) is 0 Å². The third-order valence-electron chi connectivity index (χ3n) is 3.48. The van der Waals surface area contributed by atoms with Crippen LogP contribution in [-0.2, 0) is 13.0 Å². The van der Waals surface area contributed by atoms with Gasteiger partial charge in [-0.15, -0.1) is 5.10 Å². The van der Waals surface area contributed by atoms with Crippen molar-refractivity contribution in [1.29, 1.82) is 0 Å². The van der Waals surface area contributed by atoms with E-state index in [1.807, 2.05) is 10.7 Å². The topological polar surface area (TPSA) is 55.6 Å². The number of benzene rings is 1. The molecule has 1 heterocycles. The Morgan fingerprint density at radius 2 is 2.11 bits per heavy atom. The van der Waals surface area contributed by atoms with Gasteiger partial charge in [-0.25, -0.2) is 4.68 Å². The number of hydrogen-bond donors (Lipinski definition) is 1. The predicted octanol–water partition coefficient (Wildman–Crippen LogP) is 1.73. The Morgan fingerprint density at radius 1 is 1.32 bits per heavy atom. The number of tetrazole rings is 1. The van der Waals surface area contributed by atoms with Gasteiger partial charge in [0.05, 0.1) is 12.6 Å². The van der Waals surface area contributed by atoms with Crippen LogP contribution < -0.4 is 5.32 Å². The Bertz CT molecular complexity index is 518. The lowest BCUT2D eigenvalue weighted by atomic mass is 10.1. The Kier molecular flexibility index (Phi) is 3.55. The van der Waals surface area contributed by atoms with Crippen LogP contribution in [0, 0.1) is 0 Å². The van der Waals surface area contributed by atoms with Crippen molar-refractivity contribution in [3.63, 3.8) is 0 Å². The maximum Gasteiger partial charge on any atom is 0.165 e. The van der Waals surface area contributed by atoms with Gasteiger partial charge in [-0.1, -0.05) is 30.3 Å². The molecule has 0 amide bonds. The first-order valence-electron chi connectivity index (χ1n) is 6.87. The molecule has 1 aromatic carbocycles. The minimum atomic E-state index is 0.272. The molecule has 1 saturated carbocycles. The monoisotopic (exact) mass is 257 g/mol. The van der Waals surface area contributed by atoms with Gasteiger partial charge in [0.25, 0.3) is 0 Å². The fraction of sp³-hybridized carbons (Fsp3) is 0.500. The lowest BCUT2D eigenvalue weighted by Crippen LogP contribution is -2.21. The summed E-state index contributed by atoms with van der Waals surface area (Å²) in [6.45, 7) is 2.92. The lowest BCUT2D eigenvalue weighted by molar-refractivity contribution is 0.448. The average Bonchev–Trinajstić information content (AvgIpc) is 3.14. The summed E-state index contributed by atoms with van der Waals surface area (Å²) in [5.74, 6) is 0.926. The Balaban J connectivity index is 1.65. The molecule has 2 aromatic rings. The van der Waals surface area contributed by atoms with E-state index in [0.717, 1.165) is 18.8 Å². The van der Waals surface area contributed by atoms with Gasteiger partial charge < -0.3 is 5.32 Å². The van der Waals surface area contributed by atoms with Gasteiger partial charge in [0.2, 0.25) is 0 Å². The van der Waals surface area contributed by atoms with Gasteiger partial charge in [0.1, 0.15) is 0 Å². The zero-order valence-electron chi connectivity index (χ0n) is 11.2. The quantitative estimate of drug-likeness (QED) is 0.856. The third-order valence-corrected chi connectivity index (χ3v) is 3.48. The van der Waals surface area contributed by atoms with Gasteiger partial charge in [-0.3, -0.25) is 0 Å². The maximum atomic E-state index is 4.13. The summed E-state index contributed by atoms with van der Waals surface area (Å²) in [6.07, 6.45) is 3.50. The summed E-state index contributed by atoms with van der Waals surface area (Å²) in [6, 6.07) is 11.4. The number of rotatable bonds is 6. The molecule has 1 aromatic heterocycles. The molecular formula is C14H19N5. The molecule has 1 atom stereocenters. The molecule has 1 aliphatic rings. The van der Waals surface area contributed by atoms with Crippen LogP contribution in [0.5, 0.6) is 0 Å². The Hall–Kier alpha value is -1.75. The highest BCUT2D eigenvalue weighted by Gasteiger charge is 2.22. The molecule has 1 N–H and O–H groups in total. The normalized spacial score (nSPS) is 16.5. The Morgan fingerprint density at radius 3 is 2.84 bits per heavy atom. The number of hydrogen-bond acceptors (Lipinski definition) is 4. The van der Waals surface area contributed by atoms with Crippen molar-refractivity contribution in [3.05, 3.63) is 41.7 Å². The van der Waals surface area contributed by atoms with Crippen molar-refractivity contribution in [2.24, 2.45) is 0 Å². The second-order valence-corrected chi connectivity index (χ2v) is 5.23. The van der Waals surface area contributed by atoms with Crippen LogP contribution in [0.1, 0.15) is 37.2 Å². The van der Waals surface area contributed by atoms with Crippen molar-refractivity contribution in [2.45, 2.75) is 44.8 Å². The molecule has 0 spiro atoms. The number of nitrogens with one attached hydrogen (secondary N) is 1. The molecule has 1 fully saturated rings. The molecule has 3 rings (SSSR count). The highest BCUT2D eigenvalue weighted by molar-refractivity contribution is 5.15. The highest BCUT2D eigenvalue weighted by atomic mass is 15.6. The highest BCUT2D eigenvalue weighted by Crippen LogP contribution is 2.19. The molecule has 0 radical (unpaired) electrons. The van der Waals surface area contributed by atoms with E-state index in [2.05, 4.69) is 52.0 Å². The zero-order valence-corrected chi connectivity index (χ0v) is 11.2. The first-order valence-corrected chi connectivity index (χ1v) is 6.87. The number of nitrogens with zero attached hydrogens (tertiary/aromatic N) is 4. The van der Waals surface area contributed by atoms with Gasteiger partial charge in [-0.2, -0.15) is 0 Å². The van der Waals surface area contributed by atoms with E-state index in [-0.39, 0.29) is 6.04 Å². The minimum Gasteiger partial charge on any atom is -0.307 e. The predicted molar refractivity (Wildman–Crippen MR) is 72.5 cm³/mol. The molecule has 0 saturated heterocycles. The van der Waals surface area contributed by atoms with Crippen LogP contribution >= 0.6 is 0 Å². The molecule has 0 aliphatic heterocycles. The largest absolute Gasteiger partial charge is 0.307 e. The van der Waals surface area contributed by atoms with E-state index >= 15 is 0 Å². The van der Waals surface area contributed by atoms with Crippen molar-refractivity contribution < 1.29 is 0 Å². The van der Waals surface area contributed by atoms with E-state index in [0.29, 0.717) is 6.04 Å². The lowest BCUT2D eigenvalue weighted by Gasteiger charge is -2.13. The summed E-state index contributed by atoms with van der Waals surface area (Å²) in [4.78, 5) is 0. The summed E-state index contributed by atoms with van der Waals surface area (Å²) < 4.78 is 1.93. The second-order valence-electron chi connectivity index (χ2n) is 5.23. The molecule has 5 heteroatoms. The van der Waals surface area contributed by atoms with Crippen LogP contribution in [0.4, 0.5) is 0 Å². The van der Waals surface area contributed by atoms with Crippen molar-refractivity contribution in [3.8, 4) is 0 Å². The number of aromatic nitrogens is 4. The van der Waals surface area contributed by atoms with E-state index in [1.54, 1.807) is 0 Å². The van der Waals surface area contributed by atoms with Crippen LogP contribution in [0.2, 0.25) is 0 Å². The van der Waals surface area contributed by atoms with Gasteiger partial charge >= 0.3 is 0 Å². The fourth-order valence-electron chi connectivity index (χ4n) is 2.24. The first-order chi connectivity index (χ1) is 9.33. The van der Waals surface area contributed by atoms with E-state index in [9.17, 15) is 0 Å². The maximum absolute atomic E-state index is 4.13. The Labute approximate surface area is 113 Å². The summed E-state index contributed by atoms with van der Waals surface area (Å²) in [5, 5.41) is 15.5. The minimum absolute atomic E-state index is 0.272. The van der Waals surface area contributed by atoms with Crippen molar-refractivity contribution in [2.75, 3.05) is 0 Å². The molecule has 1 aliphatic carbocycles. The standard InChI is InChI=1S/C14H19N5/c1-11(9-12-5-3-2-4-6-12)19-14(16-17-18-19)10-15-13-7-8-13/h2-6,11,13,15H,7-10H2,1H3. The van der Waals surface area contributed by atoms with Crippen LogP contribution in [-0.4, -0.2) is 26.2 Å². The van der Waals surface area contributed by atoms with Crippen molar-refractivity contribution in [1.82, 2.24) is 25.5 Å². The van der Waals surface area contributed by atoms with Gasteiger partial charge in [-0.05, 0) is 42.2 Å². The molecule has 19 heavy (non-hydrogen) atoms. The van der Waals surface area contributed by atoms with Crippen molar-refractivity contribution >= 4 is 0 Å². The van der Waals surface area contributed by atoms with Gasteiger partial charge in [0.15, 0.2) is 5.82 Å². The zero-order chi connectivity index (χ0) is 13.1. The van der Waals surface area contributed by atoms with Crippen LogP contribution in [0.15, 0.2) is 30.3 Å². The molecular weight excluding hydrogens is 238 g/mol. The summed E-state index contributed by atoms with van der Waals surface area (Å²) in [5.41, 5.74) is 1.31. The SMILES string of the molecule is CC(Cc1ccccc1)n1nnnc1CNC1CC1. The summed E-state index contributed by atoms with van der Waals surface area (Å²) >= 11 is 0.